The molecule has 32 heavy (non-hydrogen) atoms. The zero-order valence-corrected chi connectivity index (χ0v) is 19.2. The number of aromatic nitrogens is 4. The minimum atomic E-state index is -0.428. The largest absolute Gasteiger partial charge is 0.389 e. The maximum Gasteiger partial charge on any atom is 0.227 e. The van der Waals surface area contributed by atoms with Gasteiger partial charge in [0, 0.05) is 50.5 Å². The van der Waals surface area contributed by atoms with E-state index in [9.17, 15) is 5.11 Å². The molecule has 0 radical (unpaired) electrons. The van der Waals surface area contributed by atoms with Crippen molar-refractivity contribution in [3.05, 3.63) is 35.8 Å². The highest BCUT2D eigenvalue weighted by Crippen LogP contribution is 2.31. The number of nitrogens with zero attached hydrogens (tertiary/aromatic N) is 6. The molecule has 170 valence electrons. The smallest absolute Gasteiger partial charge is 0.227 e. The molecule has 0 aliphatic carbocycles. The lowest BCUT2D eigenvalue weighted by Gasteiger charge is -2.45. The number of hydrogen-bond donors (Lipinski definition) is 2. The molecule has 0 saturated carbocycles. The van der Waals surface area contributed by atoms with E-state index in [4.69, 9.17) is 9.72 Å². The summed E-state index contributed by atoms with van der Waals surface area (Å²) in [4.78, 5) is 14.0. The molecule has 1 aromatic carbocycles. The fourth-order valence-electron chi connectivity index (χ4n) is 4.74. The molecule has 2 atom stereocenters. The fraction of sp³-hybridized carbons (Fsp3) is 0.522. The number of hydrogen-bond acceptors (Lipinski definition) is 8. The van der Waals surface area contributed by atoms with E-state index in [1.807, 2.05) is 24.9 Å². The molecule has 0 amide bonds. The fourth-order valence-corrected chi connectivity index (χ4v) is 4.74. The maximum absolute atomic E-state index is 10.4. The molecule has 2 saturated heterocycles. The molecule has 0 bridgehead atoms. The van der Waals surface area contributed by atoms with Crippen molar-refractivity contribution in [1.82, 2.24) is 24.6 Å². The van der Waals surface area contributed by atoms with Gasteiger partial charge in [0.15, 0.2) is 0 Å². The number of anilines is 3. The van der Waals surface area contributed by atoms with Gasteiger partial charge in [0.1, 0.15) is 0 Å². The van der Waals surface area contributed by atoms with Gasteiger partial charge in [-0.25, -0.2) is 9.97 Å². The highest BCUT2D eigenvalue weighted by Gasteiger charge is 2.44. The SMILES string of the molecule is Cc1cc2cnc(Nc3cnn(C)c3C)nc2cc1N1CCN([C@]2(C)COC[C@@H]2O)CC1. The lowest BCUT2D eigenvalue weighted by atomic mass is 9.95. The lowest BCUT2D eigenvalue weighted by molar-refractivity contribution is 0.00882. The van der Waals surface area contributed by atoms with Crippen molar-refractivity contribution in [2.45, 2.75) is 32.4 Å². The van der Waals surface area contributed by atoms with Crippen LogP contribution in [0.1, 0.15) is 18.2 Å². The number of fused-ring (bicyclic) bond motifs is 1. The second kappa shape index (κ2) is 7.99. The molecule has 4 heterocycles. The van der Waals surface area contributed by atoms with Crippen LogP contribution in [0.3, 0.4) is 0 Å². The van der Waals surface area contributed by atoms with Gasteiger partial charge < -0.3 is 20.1 Å². The summed E-state index contributed by atoms with van der Waals surface area (Å²) in [5, 5.41) is 19.0. The van der Waals surface area contributed by atoms with Crippen LogP contribution < -0.4 is 10.2 Å². The minimum Gasteiger partial charge on any atom is -0.389 e. The highest BCUT2D eigenvalue weighted by molar-refractivity contribution is 5.84. The molecule has 0 spiro atoms. The Morgan fingerprint density at radius 1 is 1.16 bits per heavy atom. The molecular weight excluding hydrogens is 406 g/mol. The predicted molar refractivity (Wildman–Crippen MR) is 125 cm³/mol. The van der Waals surface area contributed by atoms with E-state index < -0.39 is 6.10 Å². The van der Waals surface area contributed by atoms with Crippen LogP contribution in [0.4, 0.5) is 17.3 Å². The van der Waals surface area contributed by atoms with Crippen molar-refractivity contribution in [2.24, 2.45) is 7.05 Å². The van der Waals surface area contributed by atoms with E-state index in [-0.39, 0.29) is 5.54 Å². The summed E-state index contributed by atoms with van der Waals surface area (Å²) in [6.07, 6.45) is 3.23. The average Bonchev–Trinajstić information content (AvgIpc) is 3.30. The molecule has 9 heteroatoms. The van der Waals surface area contributed by atoms with Crippen LogP contribution in [0, 0.1) is 13.8 Å². The van der Waals surface area contributed by atoms with E-state index in [1.165, 1.54) is 11.3 Å². The van der Waals surface area contributed by atoms with Gasteiger partial charge in [-0.1, -0.05) is 0 Å². The number of rotatable bonds is 4. The first kappa shape index (κ1) is 21.1. The zero-order chi connectivity index (χ0) is 22.5. The molecule has 3 aromatic rings. The summed E-state index contributed by atoms with van der Waals surface area (Å²) < 4.78 is 7.36. The van der Waals surface area contributed by atoms with E-state index >= 15 is 0 Å². The van der Waals surface area contributed by atoms with Gasteiger partial charge in [0.05, 0.1) is 48.0 Å². The van der Waals surface area contributed by atoms with Crippen LogP contribution in [0.5, 0.6) is 0 Å². The maximum atomic E-state index is 10.4. The molecule has 0 unspecified atom stereocenters. The number of aliphatic hydroxyl groups is 1. The van der Waals surface area contributed by atoms with Crippen LogP contribution in [-0.4, -0.2) is 80.8 Å². The van der Waals surface area contributed by atoms with Gasteiger partial charge in [-0.05, 0) is 38.5 Å². The first-order chi connectivity index (χ1) is 15.3. The van der Waals surface area contributed by atoms with Crippen LogP contribution in [0.2, 0.25) is 0 Å². The van der Waals surface area contributed by atoms with Crippen molar-refractivity contribution in [1.29, 1.82) is 0 Å². The van der Waals surface area contributed by atoms with Gasteiger partial charge in [-0.15, -0.1) is 0 Å². The van der Waals surface area contributed by atoms with Crippen LogP contribution in [-0.2, 0) is 11.8 Å². The summed E-state index contributed by atoms with van der Waals surface area (Å²) in [6.45, 7) is 10.9. The summed E-state index contributed by atoms with van der Waals surface area (Å²) in [5.41, 5.74) is 4.98. The molecular formula is C23H31N7O2. The molecule has 2 N–H and O–H groups in total. The van der Waals surface area contributed by atoms with Crippen molar-refractivity contribution >= 4 is 28.2 Å². The summed E-state index contributed by atoms with van der Waals surface area (Å²) in [7, 11) is 1.91. The van der Waals surface area contributed by atoms with Crippen molar-refractivity contribution in [3.63, 3.8) is 0 Å². The van der Waals surface area contributed by atoms with Gasteiger partial charge in [-0.3, -0.25) is 9.58 Å². The molecule has 9 nitrogen and oxygen atoms in total. The summed E-state index contributed by atoms with van der Waals surface area (Å²) in [6, 6.07) is 4.32. The summed E-state index contributed by atoms with van der Waals surface area (Å²) >= 11 is 0. The van der Waals surface area contributed by atoms with Gasteiger partial charge in [-0.2, -0.15) is 5.10 Å². The predicted octanol–water partition coefficient (Wildman–Crippen LogP) is 2.00. The Hall–Kier alpha value is -2.75. The molecule has 5 rings (SSSR count). The Bertz CT molecular complexity index is 1140. The van der Waals surface area contributed by atoms with E-state index in [1.54, 1.807) is 6.20 Å². The number of aryl methyl sites for hydroxylation is 2. The Balaban J connectivity index is 1.36. The topological polar surface area (TPSA) is 91.6 Å². The number of piperazine rings is 1. The lowest BCUT2D eigenvalue weighted by Crippen LogP contribution is -2.60. The number of benzene rings is 1. The second-order valence-electron chi connectivity index (χ2n) is 9.15. The third kappa shape index (κ3) is 3.60. The number of aliphatic hydroxyl groups excluding tert-OH is 1. The van der Waals surface area contributed by atoms with Crippen molar-refractivity contribution in [2.75, 3.05) is 49.6 Å². The van der Waals surface area contributed by atoms with Gasteiger partial charge in [0.25, 0.3) is 0 Å². The van der Waals surface area contributed by atoms with Crippen LogP contribution in [0.25, 0.3) is 10.9 Å². The number of ether oxygens (including phenoxy) is 1. The quantitative estimate of drug-likeness (QED) is 0.640. The Morgan fingerprint density at radius 2 is 1.94 bits per heavy atom. The molecule has 2 fully saturated rings. The summed E-state index contributed by atoms with van der Waals surface area (Å²) in [5.74, 6) is 0.566. The average molecular weight is 438 g/mol. The third-order valence-electron chi connectivity index (χ3n) is 7.11. The van der Waals surface area contributed by atoms with Crippen LogP contribution >= 0.6 is 0 Å². The zero-order valence-electron chi connectivity index (χ0n) is 19.2. The third-order valence-corrected chi connectivity index (χ3v) is 7.11. The van der Waals surface area contributed by atoms with Crippen molar-refractivity contribution in [3.8, 4) is 0 Å². The Labute approximate surface area is 188 Å². The first-order valence-electron chi connectivity index (χ1n) is 11.1. The van der Waals surface area contributed by atoms with E-state index in [2.05, 4.69) is 51.2 Å². The highest BCUT2D eigenvalue weighted by atomic mass is 16.5. The van der Waals surface area contributed by atoms with Gasteiger partial charge in [0.2, 0.25) is 5.95 Å². The number of nitrogens with one attached hydrogen (secondary N) is 1. The van der Waals surface area contributed by atoms with Gasteiger partial charge >= 0.3 is 0 Å². The van der Waals surface area contributed by atoms with Crippen LogP contribution in [0.15, 0.2) is 24.5 Å². The first-order valence-corrected chi connectivity index (χ1v) is 11.1. The van der Waals surface area contributed by atoms with E-state index in [0.717, 1.165) is 48.5 Å². The second-order valence-corrected chi connectivity index (χ2v) is 9.15. The van der Waals surface area contributed by atoms with E-state index in [0.29, 0.717) is 19.2 Å². The Kier molecular flexibility index (Phi) is 5.27. The minimum absolute atomic E-state index is 0.289. The monoisotopic (exact) mass is 437 g/mol. The molecule has 2 aromatic heterocycles. The standard InChI is InChI=1S/C23H31N7O2/c1-15-9-17-11-24-22(27-19-12-25-28(4)16(19)2)26-18(17)10-20(15)29-5-7-30(8-6-29)23(3)14-32-13-21(23)31/h9-12,21,31H,5-8,13-14H2,1-4H3,(H,24,26,27)/t21-,23+/m0/s1. The molecule has 2 aliphatic heterocycles. The molecule has 2 aliphatic rings. The van der Waals surface area contributed by atoms with Crippen molar-refractivity contribution < 1.29 is 9.84 Å². The Morgan fingerprint density at radius 3 is 2.59 bits per heavy atom. The normalized spacial score (nSPS) is 24.4.